The number of carbonyl (C=O) groups is 4. The fourth-order valence-corrected chi connectivity index (χ4v) is 5.16. The van der Waals surface area contributed by atoms with E-state index in [1.807, 2.05) is 0 Å². The Morgan fingerprint density at radius 3 is 2.21 bits per heavy atom. The zero-order chi connectivity index (χ0) is 20.1. The van der Waals surface area contributed by atoms with Crippen molar-refractivity contribution in [2.24, 2.45) is 0 Å². The molecule has 29 heavy (non-hydrogen) atoms. The van der Waals surface area contributed by atoms with Crippen LogP contribution in [0.2, 0.25) is 5.02 Å². The predicted molar refractivity (Wildman–Crippen MR) is 92.2 cm³/mol. The number of benzene rings is 1. The van der Waals surface area contributed by atoms with Gasteiger partial charge >= 0.3 is 59.1 Å². The Bertz CT molecular complexity index is 838. The average Bonchev–Trinajstić information content (AvgIpc) is 2.82. The molecule has 2 aliphatic rings. The topological polar surface area (TPSA) is 130 Å². The minimum absolute atomic E-state index is 0. The minimum Gasteiger partial charge on any atom is -0.549 e. The van der Waals surface area contributed by atoms with Crippen LogP contribution in [0, 0.1) is 0 Å². The molecule has 0 aliphatic carbocycles. The number of thioether (sulfide) groups is 1. The molecule has 0 bridgehead atoms. The predicted octanol–water partition coefficient (Wildman–Crippen LogP) is -7.52. The Morgan fingerprint density at radius 2 is 1.72 bits per heavy atom. The molecular formula is C17H15ClN2Na2O6S. The van der Waals surface area contributed by atoms with Gasteiger partial charge in [-0.15, -0.1) is 11.8 Å². The van der Waals surface area contributed by atoms with Crippen molar-refractivity contribution in [1.82, 2.24) is 10.2 Å². The van der Waals surface area contributed by atoms with Crippen LogP contribution in [0.3, 0.4) is 0 Å². The van der Waals surface area contributed by atoms with E-state index in [2.05, 4.69) is 5.32 Å². The van der Waals surface area contributed by atoms with E-state index >= 15 is 0 Å². The second kappa shape index (κ2) is 9.91. The molecule has 12 heteroatoms. The summed E-state index contributed by atoms with van der Waals surface area (Å²) in [6.07, 6.45) is 0. The van der Waals surface area contributed by atoms with Gasteiger partial charge < -0.3 is 30.0 Å². The number of nitrogens with one attached hydrogen (secondary N) is 1. The molecule has 3 rings (SSSR count). The molecule has 2 saturated heterocycles. The van der Waals surface area contributed by atoms with E-state index in [0.717, 1.165) is 4.90 Å². The first-order valence-corrected chi connectivity index (χ1v) is 9.28. The normalized spacial score (nSPS) is 24.9. The van der Waals surface area contributed by atoms with Gasteiger partial charge in [0.05, 0.1) is 18.0 Å². The van der Waals surface area contributed by atoms with Crippen molar-refractivity contribution in [2.45, 2.75) is 42.0 Å². The number of halogens is 1. The Balaban J connectivity index is 0.00000210. The van der Waals surface area contributed by atoms with Crippen LogP contribution in [0.4, 0.5) is 0 Å². The van der Waals surface area contributed by atoms with Crippen molar-refractivity contribution >= 4 is 47.1 Å². The first-order valence-electron chi connectivity index (χ1n) is 8.02. The molecule has 8 nitrogen and oxygen atoms in total. The third kappa shape index (κ3) is 4.98. The largest absolute Gasteiger partial charge is 1.00 e. The fourth-order valence-electron chi connectivity index (χ4n) is 3.41. The standard InChI is InChI=1S/C17H17ClN2O6S.2Na/c1-17(2)11(16(25)26)20-13(22)10(14(20)27-17)19-12(21)9(15(23)24)7-3-5-8(18)6-4-7;;/h3-6,9-11,14H,1-2H3,(H,19,21)(H,23,24)(H,25,26);;/q;2*+1/p-2/t9?,10?,11?,14-;;/m1../s1. The first-order chi connectivity index (χ1) is 12.5. The van der Waals surface area contributed by atoms with Gasteiger partial charge in [-0.1, -0.05) is 23.7 Å². The molecule has 2 fully saturated rings. The van der Waals surface area contributed by atoms with Crippen molar-refractivity contribution in [1.29, 1.82) is 0 Å². The van der Waals surface area contributed by atoms with E-state index in [1.54, 1.807) is 13.8 Å². The maximum atomic E-state index is 12.5. The summed E-state index contributed by atoms with van der Waals surface area (Å²) < 4.78 is -0.803. The number of carboxylic acids is 2. The Labute approximate surface area is 220 Å². The molecule has 4 atom stereocenters. The number of hydrogen-bond donors (Lipinski definition) is 1. The number of carboxylic acid groups (broad SMARTS) is 2. The molecule has 1 N–H and O–H groups in total. The number of carbonyl (C=O) groups excluding carboxylic acids is 4. The van der Waals surface area contributed by atoms with Crippen LogP contribution < -0.4 is 74.6 Å². The summed E-state index contributed by atoms with van der Waals surface area (Å²) in [4.78, 5) is 48.9. The van der Waals surface area contributed by atoms with Gasteiger partial charge in [0.15, 0.2) is 0 Å². The number of rotatable bonds is 5. The molecule has 3 unspecified atom stereocenters. The quantitative estimate of drug-likeness (QED) is 0.265. The van der Waals surface area contributed by atoms with Crippen LogP contribution in [0.5, 0.6) is 0 Å². The van der Waals surface area contributed by atoms with E-state index in [9.17, 15) is 29.4 Å². The fraction of sp³-hybridized carbons (Fsp3) is 0.412. The summed E-state index contributed by atoms with van der Waals surface area (Å²) in [7, 11) is 0. The maximum Gasteiger partial charge on any atom is 1.00 e. The number of nitrogens with zero attached hydrogens (tertiary/aromatic N) is 1. The third-order valence-electron chi connectivity index (χ3n) is 4.66. The zero-order valence-electron chi connectivity index (χ0n) is 16.3. The Kier molecular flexibility index (Phi) is 9.15. The van der Waals surface area contributed by atoms with E-state index in [0.29, 0.717) is 5.02 Å². The minimum atomic E-state index is -1.62. The van der Waals surface area contributed by atoms with Gasteiger partial charge in [0, 0.05) is 9.77 Å². The van der Waals surface area contributed by atoms with Gasteiger partial charge in [-0.05, 0) is 31.5 Å². The molecule has 0 radical (unpaired) electrons. The van der Waals surface area contributed by atoms with Crippen LogP contribution >= 0.6 is 23.4 Å². The van der Waals surface area contributed by atoms with E-state index in [1.165, 1.54) is 36.0 Å². The summed E-state index contributed by atoms with van der Waals surface area (Å²) in [5.74, 6) is -6.12. The molecule has 1 aromatic rings. The zero-order valence-corrected chi connectivity index (χ0v) is 21.9. The number of fused-ring (bicyclic) bond motifs is 1. The summed E-state index contributed by atoms with van der Waals surface area (Å²) >= 11 is 6.98. The molecule has 0 saturated carbocycles. The Morgan fingerprint density at radius 1 is 1.17 bits per heavy atom. The Hall–Kier alpha value is -0.260. The molecule has 2 amide bonds. The van der Waals surface area contributed by atoms with E-state index < -0.39 is 51.9 Å². The first kappa shape index (κ1) is 26.8. The molecule has 144 valence electrons. The van der Waals surface area contributed by atoms with Crippen molar-refractivity contribution < 1.29 is 88.5 Å². The molecular weight excluding hydrogens is 442 g/mol. The van der Waals surface area contributed by atoms with E-state index in [-0.39, 0.29) is 64.7 Å². The van der Waals surface area contributed by atoms with Crippen molar-refractivity contribution in [3.63, 3.8) is 0 Å². The van der Waals surface area contributed by atoms with Gasteiger partial charge in [0.2, 0.25) is 11.8 Å². The third-order valence-corrected chi connectivity index (χ3v) is 6.49. The molecule has 2 heterocycles. The number of hydrogen-bond acceptors (Lipinski definition) is 7. The monoisotopic (exact) mass is 456 g/mol. The smallest absolute Gasteiger partial charge is 0.549 e. The number of amides is 2. The maximum absolute atomic E-state index is 12.5. The molecule has 2 aliphatic heterocycles. The molecule has 0 aromatic heterocycles. The second-order valence-corrected chi connectivity index (χ2v) is 9.08. The molecule has 0 spiro atoms. The van der Waals surface area contributed by atoms with Gasteiger partial charge in [-0.3, -0.25) is 9.59 Å². The summed E-state index contributed by atoms with van der Waals surface area (Å²) in [5, 5.41) is 25.0. The van der Waals surface area contributed by atoms with Crippen molar-refractivity contribution in [3.05, 3.63) is 34.9 Å². The van der Waals surface area contributed by atoms with Gasteiger partial charge in [-0.2, -0.15) is 0 Å². The van der Waals surface area contributed by atoms with Gasteiger partial charge in [-0.25, -0.2) is 0 Å². The van der Waals surface area contributed by atoms with Crippen molar-refractivity contribution in [2.75, 3.05) is 0 Å². The van der Waals surface area contributed by atoms with Crippen LogP contribution in [0.25, 0.3) is 0 Å². The average molecular weight is 457 g/mol. The van der Waals surface area contributed by atoms with Crippen molar-refractivity contribution in [3.8, 4) is 0 Å². The van der Waals surface area contributed by atoms with Crippen LogP contribution in [0.1, 0.15) is 25.3 Å². The van der Waals surface area contributed by atoms with Crippen LogP contribution in [-0.2, 0) is 19.2 Å². The van der Waals surface area contributed by atoms with Crippen LogP contribution in [-0.4, -0.2) is 50.9 Å². The SMILES string of the molecule is CC1(C)S[C@@H]2C(NC(=O)C(C(=O)[O-])c3ccc(Cl)cc3)C(=O)N2C1C(=O)[O-].[Na+].[Na+]. The van der Waals surface area contributed by atoms with Crippen LogP contribution in [0.15, 0.2) is 24.3 Å². The second-order valence-electron chi connectivity index (χ2n) is 6.87. The van der Waals surface area contributed by atoms with E-state index in [4.69, 9.17) is 11.6 Å². The summed E-state index contributed by atoms with van der Waals surface area (Å²) in [6, 6.07) is 3.52. The molecule has 1 aromatic carbocycles. The van der Waals surface area contributed by atoms with Gasteiger partial charge in [0.25, 0.3) is 0 Å². The number of β-lactam (4-membered cyclic amide) rings is 1. The summed E-state index contributed by atoms with van der Waals surface area (Å²) in [6.45, 7) is 3.33. The number of aliphatic carboxylic acids is 2. The summed E-state index contributed by atoms with van der Waals surface area (Å²) in [5.41, 5.74) is 0.160. The van der Waals surface area contributed by atoms with Gasteiger partial charge in [0.1, 0.15) is 17.3 Å².